The van der Waals surface area contributed by atoms with Crippen molar-refractivity contribution in [1.82, 2.24) is 29.1 Å². The summed E-state index contributed by atoms with van der Waals surface area (Å²) in [5, 5.41) is 10.9. The quantitative estimate of drug-likeness (QED) is 0.0754. The first-order valence-electron chi connectivity index (χ1n) is 30.4. The van der Waals surface area contributed by atoms with Crippen LogP contribution in [0, 0.1) is 25.7 Å². The van der Waals surface area contributed by atoms with Crippen molar-refractivity contribution in [3.63, 3.8) is 0 Å². The molecule has 95 heavy (non-hydrogen) atoms. The Kier molecular flexibility index (Phi) is 21.0. The fraction of sp³-hybridized carbons (Fsp3) is 0.268. The number of anilines is 1. The average molecular weight is 1330 g/mol. The second-order valence-corrected chi connectivity index (χ2v) is 27.8. The number of benzene rings is 4. The number of carbonyl (C=O) groups is 2. The molecule has 2 fully saturated rings. The number of Topliss-reactive ketones (excluding diaryl/α,β-unsaturated/α-hetero) is 1. The molecule has 492 valence electrons. The van der Waals surface area contributed by atoms with E-state index in [0.29, 0.717) is 118 Å². The van der Waals surface area contributed by atoms with E-state index >= 15 is 0 Å². The van der Waals surface area contributed by atoms with Crippen LogP contribution in [0.2, 0.25) is 0 Å². The smallest absolute Gasteiger partial charge is 0.341 e. The van der Waals surface area contributed by atoms with Crippen LogP contribution in [-0.2, 0) is 39.2 Å². The maximum Gasteiger partial charge on any atom is 0.341 e. The summed E-state index contributed by atoms with van der Waals surface area (Å²) in [7, 11) is 0.347. The van der Waals surface area contributed by atoms with Gasteiger partial charge in [0.2, 0.25) is 5.43 Å². The number of aromatic nitrogens is 6. The van der Waals surface area contributed by atoms with Crippen LogP contribution in [0.1, 0.15) is 63.2 Å². The summed E-state index contributed by atoms with van der Waals surface area (Å²) in [5.74, 6) is 4.32. The molecule has 3 N–H and O–H groups in total. The van der Waals surface area contributed by atoms with E-state index < -0.39 is 31.1 Å². The zero-order chi connectivity index (χ0) is 67.6. The van der Waals surface area contributed by atoms with Crippen molar-refractivity contribution < 1.29 is 60.0 Å². The molecule has 6 aromatic heterocycles. The van der Waals surface area contributed by atoms with Crippen LogP contribution in [0.15, 0.2) is 168 Å². The molecule has 2 saturated heterocycles. The molecule has 0 spiro atoms. The first kappa shape index (κ1) is 67.4. The van der Waals surface area contributed by atoms with E-state index in [9.17, 15) is 41.1 Å². The Hall–Kier alpha value is -10.5. The van der Waals surface area contributed by atoms with Gasteiger partial charge in [0.25, 0.3) is 0 Å². The molecular weight excluding hydrogens is 1250 g/mol. The maximum atomic E-state index is 13.7. The monoisotopic (exact) mass is 1330 g/mol. The number of ether oxygens (including phenoxy) is 6. The Bertz CT molecular complexity index is 4790. The van der Waals surface area contributed by atoms with Crippen LogP contribution >= 0.6 is 0 Å². The van der Waals surface area contributed by atoms with Gasteiger partial charge in [-0.1, -0.05) is 59.7 Å². The molecule has 4 aromatic carbocycles. The molecule has 0 amide bonds. The predicted molar refractivity (Wildman–Crippen MR) is 362 cm³/mol. The fourth-order valence-electron chi connectivity index (χ4n) is 11.2. The molecule has 0 saturated carbocycles. The van der Waals surface area contributed by atoms with Crippen molar-refractivity contribution in [3.05, 3.63) is 207 Å². The molecule has 10 aromatic rings. The largest absolute Gasteiger partial charge is 0.493 e. The summed E-state index contributed by atoms with van der Waals surface area (Å²) < 4.78 is 84.1. The molecule has 0 radical (unpaired) electrons. The van der Waals surface area contributed by atoms with Crippen molar-refractivity contribution in [2.24, 2.45) is 11.8 Å². The Labute approximate surface area is 548 Å². The van der Waals surface area contributed by atoms with Gasteiger partial charge in [0.05, 0.1) is 86.9 Å². The number of carboxylic acids is 1. The van der Waals surface area contributed by atoms with Gasteiger partial charge in [-0.2, -0.15) is 0 Å². The van der Waals surface area contributed by atoms with Gasteiger partial charge in [0, 0.05) is 90.0 Å². The molecule has 12 rings (SSSR count). The number of aromatic carboxylic acids is 1. The summed E-state index contributed by atoms with van der Waals surface area (Å²) in [6.07, 6.45) is 14.9. The molecule has 22 nitrogen and oxygen atoms in total. The summed E-state index contributed by atoms with van der Waals surface area (Å²) in [5.41, 5.74) is 10.7. The SMILES string of the molecule is COc1cc2nccc(Oc3ccc(CC(=O)c4cn(CC5CCS(=O)(=O)CC5)cc(-c5ccc(C)cc5)c4=O)nc3)c2cc1OC.COc1cc2nccc(Oc3ccc(N)nc3)c2cc1OC.Cc1ccc(-c2cn(CC3CCS(=O)(=O)CC3)cc(C(=O)O)c2=O)cc1. The first-order chi connectivity index (χ1) is 45.6. The lowest BCUT2D eigenvalue weighted by molar-refractivity contribution is 0.0694. The fourth-order valence-corrected chi connectivity index (χ4v) is 14.3. The standard InChI is InChI=1S/C36H35N3O7S.C19H21NO5S.C16H15N3O3/c1-23-4-6-25(7-5-23)29-21-39(20-24-11-14-47(42,43)15-12-24)22-30(36(29)41)32(40)16-26-8-9-27(19-38-26)46-33-10-13-37-31-18-35(45-3)34(44-2)17-28(31)33;1-13-2-4-15(5-3-13)16-11-20(12-17(18(16)21)19(22)23)10-14-6-8-26(24,25)9-7-14;1-20-14-7-11-12(8-15(14)21-2)18-6-5-13(11)22-10-3-4-16(17)19-9-10/h4-10,13,17-19,21-22,24H,11-12,14-16,20H2,1-3H3;2-5,11-12,14H,6-10H2,1H3,(H,22,23);3-9H,1-2H3,(H2,17,19). The van der Waals surface area contributed by atoms with E-state index in [0.717, 1.165) is 33.0 Å². The molecule has 0 bridgehead atoms. The number of nitrogen functional groups attached to an aromatic ring is 1. The third kappa shape index (κ3) is 16.9. The maximum absolute atomic E-state index is 13.7. The minimum Gasteiger partial charge on any atom is -0.493 e. The Morgan fingerprint density at radius 3 is 1.33 bits per heavy atom. The van der Waals surface area contributed by atoms with Gasteiger partial charge >= 0.3 is 5.97 Å². The molecule has 0 atom stereocenters. The Balaban J connectivity index is 0.000000172. The molecule has 2 aliphatic heterocycles. The van der Waals surface area contributed by atoms with Gasteiger partial charge in [0.1, 0.15) is 54.1 Å². The first-order valence-corrected chi connectivity index (χ1v) is 34.1. The highest BCUT2D eigenvalue weighted by molar-refractivity contribution is 7.91. The van der Waals surface area contributed by atoms with Gasteiger partial charge < -0.3 is 48.4 Å². The molecule has 0 aliphatic carbocycles. The van der Waals surface area contributed by atoms with E-state index in [1.807, 2.05) is 66.9 Å². The second-order valence-electron chi connectivity index (χ2n) is 23.2. The van der Waals surface area contributed by atoms with E-state index in [2.05, 4.69) is 19.9 Å². The second kappa shape index (κ2) is 29.7. The normalized spacial score (nSPS) is 14.3. The van der Waals surface area contributed by atoms with Crippen LogP contribution in [0.25, 0.3) is 44.1 Å². The van der Waals surface area contributed by atoms with Crippen LogP contribution in [-0.4, -0.2) is 114 Å². The highest BCUT2D eigenvalue weighted by Crippen LogP contribution is 2.39. The Morgan fingerprint density at radius 1 is 0.516 bits per heavy atom. The number of nitrogens with two attached hydrogens (primary N) is 1. The molecular formula is C71H71N7O15S2. The molecule has 24 heteroatoms. The van der Waals surface area contributed by atoms with Crippen LogP contribution < -0.4 is 45.0 Å². The minimum atomic E-state index is -3.00. The van der Waals surface area contributed by atoms with Crippen molar-refractivity contribution in [1.29, 1.82) is 0 Å². The number of carbonyl (C=O) groups excluding carboxylic acids is 1. The van der Waals surface area contributed by atoms with Gasteiger partial charge in [0.15, 0.2) is 34.2 Å². The van der Waals surface area contributed by atoms with Gasteiger partial charge in [-0.15, -0.1) is 0 Å². The van der Waals surface area contributed by atoms with E-state index in [1.165, 1.54) is 12.4 Å². The topological polar surface area (TPSA) is 300 Å². The average Bonchev–Trinajstić information content (AvgIpc) is 1.04. The number of sulfone groups is 2. The summed E-state index contributed by atoms with van der Waals surface area (Å²) in [6, 6.07) is 32.5. The number of rotatable bonds is 18. The van der Waals surface area contributed by atoms with Gasteiger partial charge in [-0.05, 0) is 111 Å². The third-order valence-corrected chi connectivity index (χ3v) is 19.9. The molecule has 0 unspecified atom stereocenters. The van der Waals surface area contributed by atoms with Crippen molar-refractivity contribution >= 4 is 59.1 Å². The lowest BCUT2D eigenvalue weighted by Gasteiger charge is -2.23. The van der Waals surface area contributed by atoms with Crippen molar-refractivity contribution in [2.75, 3.05) is 57.2 Å². The van der Waals surface area contributed by atoms with Crippen LogP contribution in [0.5, 0.6) is 46.0 Å². The zero-order valence-electron chi connectivity index (χ0n) is 53.2. The number of nitrogens with zero attached hydrogens (tertiary/aromatic N) is 6. The lowest BCUT2D eigenvalue weighted by atomic mass is 9.99. The van der Waals surface area contributed by atoms with Gasteiger partial charge in [-0.25, -0.2) is 26.6 Å². The predicted octanol–water partition coefficient (Wildman–Crippen LogP) is 11.2. The van der Waals surface area contributed by atoms with Crippen LogP contribution in [0.4, 0.5) is 5.82 Å². The number of hydrogen-bond donors (Lipinski definition) is 2. The lowest BCUT2D eigenvalue weighted by Crippen LogP contribution is -2.27. The summed E-state index contributed by atoms with van der Waals surface area (Å²) in [6.45, 7) is 4.92. The Morgan fingerprint density at radius 2 is 0.926 bits per heavy atom. The minimum absolute atomic E-state index is 0.0706. The molecule has 2 aliphatic rings. The number of carboxylic acid groups (broad SMARTS) is 1. The summed E-state index contributed by atoms with van der Waals surface area (Å²) >= 11 is 0. The summed E-state index contributed by atoms with van der Waals surface area (Å²) in [4.78, 5) is 68.6. The number of ketones is 1. The van der Waals surface area contributed by atoms with Crippen molar-refractivity contribution in [3.8, 4) is 68.2 Å². The van der Waals surface area contributed by atoms with E-state index in [-0.39, 0.29) is 63.6 Å². The number of pyridine rings is 6. The highest BCUT2D eigenvalue weighted by atomic mass is 32.2. The number of fused-ring (bicyclic) bond motifs is 2. The van der Waals surface area contributed by atoms with E-state index in [1.54, 1.807) is 131 Å². The third-order valence-electron chi connectivity index (χ3n) is 16.5. The zero-order valence-corrected chi connectivity index (χ0v) is 54.8. The van der Waals surface area contributed by atoms with Crippen LogP contribution in [0.3, 0.4) is 0 Å². The molecule has 8 heterocycles. The number of hydrogen-bond acceptors (Lipinski definition) is 19. The van der Waals surface area contributed by atoms with E-state index in [4.69, 9.17) is 34.2 Å². The number of aryl methyl sites for hydroxylation is 2. The highest BCUT2D eigenvalue weighted by Gasteiger charge is 2.27. The van der Waals surface area contributed by atoms with Gasteiger partial charge in [-0.3, -0.25) is 29.3 Å². The number of methoxy groups -OCH3 is 4. The van der Waals surface area contributed by atoms with Crippen molar-refractivity contribution in [2.45, 2.75) is 59.0 Å².